The highest BCUT2D eigenvalue weighted by Gasteiger charge is 2.64. The average Bonchev–Trinajstić information content (AvgIpc) is 3.21. The Bertz CT molecular complexity index is 826. The molecule has 2 unspecified atom stereocenters. The highest BCUT2D eigenvalue weighted by atomic mass is 79.9. The maximum absolute atomic E-state index is 4.04. The number of halogens is 1. The molecular weight excluding hydrogens is 435 g/mol. The predicted molar refractivity (Wildman–Crippen MR) is 134 cm³/mol. The van der Waals surface area contributed by atoms with Crippen LogP contribution in [0.3, 0.4) is 0 Å². The van der Waals surface area contributed by atoms with E-state index in [4.69, 9.17) is 0 Å². The lowest BCUT2D eigenvalue weighted by Gasteiger charge is -2.42. The fourth-order valence-corrected chi connectivity index (χ4v) is 12.6. The van der Waals surface area contributed by atoms with E-state index in [-0.39, 0.29) is 5.16 Å². The molecule has 0 N–H and O–H groups in total. The predicted octanol–water partition coefficient (Wildman–Crippen LogP) is 6.49. The molecule has 0 heterocycles. The van der Waals surface area contributed by atoms with Gasteiger partial charge in [-0.05, 0) is 68.0 Å². The molecular formula is C27H29BrP+. The van der Waals surface area contributed by atoms with Crippen molar-refractivity contribution in [1.82, 2.24) is 0 Å². The quantitative estimate of drug-likeness (QED) is 0.213. The van der Waals surface area contributed by atoms with Crippen LogP contribution in [0.15, 0.2) is 104 Å². The van der Waals surface area contributed by atoms with Crippen molar-refractivity contribution in [3.05, 3.63) is 104 Å². The van der Waals surface area contributed by atoms with Crippen LogP contribution in [-0.4, -0.2) is 10.5 Å². The molecule has 1 aliphatic rings. The maximum atomic E-state index is 4.04. The maximum Gasteiger partial charge on any atom is 0.118 e. The molecule has 0 bridgehead atoms. The summed E-state index contributed by atoms with van der Waals surface area (Å²) in [5, 5.41) is 5.73. The second-order valence-corrected chi connectivity index (χ2v) is 12.6. The summed E-state index contributed by atoms with van der Waals surface area (Å²) in [6, 6.07) is 34.0. The van der Waals surface area contributed by atoms with Gasteiger partial charge in [0.1, 0.15) is 28.3 Å². The second kappa shape index (κ2) is 8.99. The van der Waals surface area contributed by atoms with E-state index in [1.807, 2.05) is 0 Å². The molecule has 0 saturated heterocycles. The summed E-state index contributed by atoms with van der Waals surface area (Å²) >= 11 is 4.04. The Morgan fingerprint density at radius 3 is 1.66 bits per heavy atom. The topological polar surface area (TPSA) is 0 Å². The molecule has 0 amide bonds. The number of hydrogen-bond acceptors (Lipinski definition) is 0. The van der Waals surface area contributed by atoms with Crippen molar-refractivity contribution in [3.8, 4) is 0 Å². The molecule has 3 aromatic carbocycles. The van der Waals surface area contributed by atoms with Gasteiger partial charge in [-0.3, -0.25) is 0 Å². The van der Waals surface area contributed by atoms with Crippen LogP contribution >= 0.6 is 23.2 Å². The van der Waals surface area contributed by atoms with E-state index in [0.717, 1.165) is 17.7 Å². The summed E-state index contributed by atoms with van der Waals surface area (Å²) in [4.78, 5) is 0. The number of rotatable bonds is 7. The van der Waals surface area contributed by atoms with Crippen LogP contribution in [0.25, 0.3) is 0 Å². The van der Waals surface area contributed by atoms with Crippen molar-refractivity contribution < 1.29 is 0 Å². The summed E-state index contributed by atoms with van der Waals surface area (Å²) in [5.74, 6) is 0.723. The van der Waals surface area contributed by atoms with Crippen molar-refractivity contribution >= 4 is 39.1 Å². The van der Waals surface area contributed by atoms with Gasteiger partial charge in [0.25, 0.3) is 0 Å². The zero-order valence-corrected chi connectivity index (χ0v) is 19.4. The van der Waals surface area contributed by atoms with Crippen LogP contribution in [0.5, 0.6) is 0 Å². The molecule has 148 valence electrons. The molecule has 1 aliphatic carbocycles. The lowest BCUT2D eigenvalue weighted by molar-refractivity contribution is 0.540. The molecule has 0 aliphatic heterocycles. The molecule has 29 heavy (non-hydrogen) atoms. The second-order valence-electron chi connectivity index (χ2n) is 8.17. The Kier molecular flexibility index (Phi) is 6.38. The lowest BCUT2D eigenvalue weighted by atomic mass is 10.0. The Morgan fingerprint density at radius 2 is 1.28 bits per heavy atom. The highest BCUT2D eigenvalue weighted by molar-refractivity contribution is 9.09. The van der Waals surface area contributed by atoms with Gasteiger partial charge in [-0.15, -0.1) is 6.58 Å². The van der Waals surface area contributed by atoms with E-state index < -0.39 is 7.26 Å². The molecule has 0 spiro atoms. The third kappa shape index (κ3) is 3.54. The van der Waals surface area contributed by atoms with Gasteiger partial charge >= 0.3 is 0 Å². The van der Waals surface area contributed by atoms with E-state index in [1.54, 1.807) is 0 Å². The first-order valence-corrected chi connectivity index (χ1v) is 13.4. The largest absolute Gasteiger partial charge is 0.118 e. The van der Waals surface area contributed by atoms with Gasteiger partial charge in [-0.2, -0.15) is 0 Å². The van der Waals surface area contributed by atoms with E-state index in [9.17, 15) is 0 Å². The SMILES string of the molecule is C=CCC1CCC(CBr)([P+](c2ccccc2)(c2ccccc2)c2ccccc2)C1. The summed E-state index contributed by atoms with van der Waals surface area (Å²) in [6.45, 7) is 4.03. The minimum absolute atomic E-state index is 0.213. The molecule has 0 aromatic heterocycles. The van der Waals surface area contributed by atoms with Gasteiger partial charge in [0.05, 0.1) is 0 Å². The van der Waals surface area contributed by atoms with Crippen LogP contribution in [0.2, 0.25) is 0 Å². The normalized spacial score (nSPS) is 21.8. The minimum atomic E-state index is -1.87. The molecule has 1 saturated carbocycles. The van der Waals surface area contributed by atoms with Crippen LogP contribution in [0.4, 0.5) is 0 Å². The number of hydrogen-bond donors (Lipinski definition) is 0. The zero-order valence-electron chi connectivity index (χ0n) is 16.9. The summed E-state index contributed by atoms with van der Waals surface area (Å²) in [5.41, 5.74) is 0. The molecule has 4 rings (SSSR count). The minimum Gasteiger partial charge on any atom is -0.103 e. The van der Waals surface area contributed by atoms with Crippen LogP contribution in [-0.2, 0) is 0 Å². The standard InChI is InChI=1S/C27H29BrP/c1-2-12-23-19-20-27(21-23,22-28)29(24-13-6-3-7-14-24,25-15-8-4-9-16-25)26-17-10-5-11-18-26/h2-11,13-18,23H,1,12,19-22H2/q+1. The third-order valence-corrected chi connectivity index (χ3v) is 13.3. The third-order valence-electron chi connectivity index (χ3n) is 6.58. The van der Waals surface area contributed by atoms with Crippen LogP contribution in [0, 0.1) is 5.92 Å². The van der Waals surface area contributed by atoms with Crippen LogP contribution in [0.1, 0.15) is 25.7 Å². The van der Waals surface area contributed by atoms with E-state index >= 15 is 0 Å². The zero-order chi connectivity index (χ0) is 20.2. The molecule has 2 heteroatoms. The fraction of sp³-hybridized carbons (Fsp3) is 0.259. The van der Waals surface area contributed by atoms with E-state index in [2.05, 4.69) is 120 Å². The smallest absolute Gasteiger partial charge is 0.103 e. The molecule has 0 nitrogen and oxygen atoms in total. The van der Waals surface area contributed by atoms with Gasteiger partial charge in [0.15, 0.2) is 0 Å². The van der Waals surface area contributed by atoms with E-state index in [1.165, 1.54) is 35.2 Å². The Labute approximate surface area is 184 Å². The van der Waals surface area contributed by atoms with Crippen molar-refractivity contribution in [2.24, 2.45) is 5.92 Å². The van der Waals surface area contributed by atoms with Crippen LogP contribution < -0.4 is 15.9 Å². The summed E-state index contributed by atoms with van der Waals surface area (Å²) < 4.78 is 0. The highest BCUT2D eigenvalue weighted by Crippen LogP contribution is 2.72. The number of benzene rings is 3. The van der Waals surface area contributed by atoms with Crippen molar-refractivity contribution in [2.75, 3.05) is 5.33 Å². The van der Waals surface area contributed by atoms with Crippen molar-refractivity contribution in [2.45, 2.75) is 30.8 Å². The van der Waals surface area contributed by atoms with Gasteiger partial charge < -0.3 is 0 Å². The van der Waals surface area contributed by atoms with Crippen molar-refractivity contribution in [3.63, 3.8) is 0 Å². The first kappa shape index (κ1) is 20.6. The van der Waals surface area contributed by atoms with Crippen molar-refractivity contribution in [1.29, 1.82) is 0 Å². The number of alkyl halides is 1. The summed E-state index contributed by atoms with van der Waals surface area (Å²) in [6.07, 6.45) is 7.02. The average molecular weight is 464 g/mol. The fourth-order valence-electron chi connectivity index (χ4n) is 5.39. The Morgan fingerprint density at radius 1 is 0.828 bits per heavy atom. The first-order chi connectivity index (χ1) is 14.3. The molecule has 3 aromatic rings. The van der Waals surface area contributed by atoms with Gasteiger partial charge in [-0.25, -0.2) is 0 Å². The molecule has 2 atom stereocenters. The molecule has 0 radical (unpaired) electrons. The van der Waals surface area contributed by atoms with Gasteiger partial charge in [-0.1, -0.05) is 76.6 Å². The lowest BCUT2D eigenvalue weighted by Crippen LogP contribution is -2.47. The first-order valence-electron chi connectivity index (χ1n) is 10.5. The Hall–Kier alpha value is -1.69. The van der Waals surface area contributed by atoms with E-state index in [0.29, 0.717) is 0 Å². The number of allylic oxidation sites excluding steroid dienone is 1. The molecule has 1 fully saturated rings. The van der Waals surface area contributed by atoms with Gasteiger partial charge in [0.2, 0.25) is 0 Å². The Balaban J connectivity index is 2.04. The monoisotopic (exact) mass is 463 g/mol. The summed E-state index contributed by atoms with van der Waals surface area (Å²) in [7, 11) is -1.87. The van der Waals surface area contributed by atoms with Gasteiger partial charge in [0, 0.05) is 5.33 Å².